The molecule has 0 saturated heterocycles. The Hall–Kier alpha value is -2.00. The zero-order chi connectivity index (χ0) is 13.2. The molecule has 0 aliphatic heterocycles. The van der Waals surface area contributed by atoms with Gasteiger partial charge in [-0.3, -0.25) is 4.79 Å². The summed E-state index contributed by atoms with van der Waals surface area (Å²) in [5.41, 5.74) is 3.65. The van der Waals surface area contributed by atoms with Crippen LogP contribution in [0.15, 0.2) is 58.0 Å². The quantitative estimate of drug-likeness (QED) is 0.512. The van der Waals surface area contributed by atoms with E-state index in [0.29, 0.717) is 5.56 Å². The van der Waals surface area contributed by atoms with E-state index in [1.165, 1.54) is 0 Å². The molecule has 0 bridgehead atoms. The Bertz CT molecular complexity index is 729. The third-order valence-electron chi connectivity index (χ3n) is 3.06. The first-order valence-electron chi connectivity index (χ1n) is 5.94. The van der Waals surface area contributed by atoms with Crippen LogP contribution in [0.25, 0.3) is 22.1 Å². The van der Waals surface area contributed by atoms with Gasteiger partial charge in [-0.05, 0) is 30.0 Å². The lowest BCUT2D eigenvalue weighted by Gasteiger charge is -2.01. The average molecular weight is 268 g/mol. The lowest BCUT2D eigenvalue weighted by atomic mass is 10.0. The molecule has 3 heteroatoms. The SMILES string of the molecule is CSc1oc2ccc(C=O)cc2c1-c1ccccc1. The van der Waals surface area contributed by atoms with Crippen molar-refractivity contribution in [1.82, 2.24) is 0 Å². The average Bonchev–Trinajstić information content (AvgIpc) is 2.85. The summed E-state index contributed by atoms with van der Waals surface area (Å²) in [7, 11) is 0. The molecule has 3 aromatic rings. The number of carbonyl (C=O) groups excluding carboxylic acids is 1. The monoisotopic (exact) mass is 268 g/mol. The van der Waals surface area contributed by atoms with E-state index >= 15 is 0 Å². The zero-order valence-corrected chi connectivity index (χ0v) is 11.2. The summed E-state index contributed by atoms with van der Waals surface area (Å²) in [5, 5.41) is 1.87. The van der Waals surface area contributed by atoms with Gasteiger partial charge in [0.05, 0.1) is 0 Å². The number of rotatable bonds is 3. The van der Waals surface area contributed by atoms with Gasteiger partial charge in [-0.2, -0.15) is 0 Å². The van der Waals surface area contributed by atoms with Crippen LogP contribution in [-0.4, -0.2) is 12.5 Å². The third-order valence-corrected chi connectivity index (χ3v) is 3.72. The van der Waals surface area contributed by atoms with E-state index in [-0.39, 0.29) is 0 Å². The fourth-order valence-corrected chi connectivity index (χ4v) is 2.79. The van der Waals surface area contributed by atoms with E-state index in [0.717, 1.165) is 33.5 Å². The zero-order valence-electron chi connectivity index (χ0n) is 10.4. The second-order valence-corrected chi connectivity index (χ2v) is 4.99. The summed E-state index contributed by atoms with van der Waals surface area (Å²) >= 11 is 1.57. The molecule has 0 unspecified atom stereocenters. The van der Waals surface area contributed by atoms with E-state index in [2.05, 4.69) is 12.1 Å². The summed E-state index contributed by atoms with van der Waals surface area (Å²) in [5.74, 6) is 0. The molecule has 0 fully saturated rings. The van der Waals surface area contributed by atoms with Crippen LogP contribution >= 0.6 is 11.8 Å². The lowest BCUT2D eigenvalue weighted by Crippen LogP contribution is -1.80. The topological polar surface area (TPSA) is 30.2 Å². The fourth-order valence-electron chi connectivity index (χ4n) is 2.19. The molecule has 0 N–H and O–H groups in total. The first-order valence-corrected chi connectivity index (χ1v) is 7.17. The molecular weight excluding hydrogens is 256 g/mol. The van der Waals surface area contributed by atoms with Crippen molar-refractivity contribution in [2.75, 3.05) is 6.26 Å². The number of carbonyl (C=O) groups is 1. The van der Waals surface area contributed by atoms with Crippen molar-refractivity contribution in [3.05, 3.63) is 54.1 Å². The van der Waals surface area contributed by atoms with Crippen molar-refractivity contribution < 1.29 is 9.21 Å². The van der Waals surface area contributed by atoms with Crippen LogP contribution < -0.4 is 0 Å². The molecule has 0 aliphatic carbocycles. The minimum Gasteiger partial charge on any atom is -0.449 e. The van der Waals surface area contributed by atoms with E-state index in [4.69, 9.17) is 4.42 Å². The lowest BCUT2D eigenvalue weighted by molar-refractivity contribution is 0.112. The van der Waals surface area contributed by atoms with Crippen LogP contribution in [-0.2, 0) is 0 Å². The van der Waals surface area contributed by atoms with Crippen molar-refractivity contribution in [3.63, 3.8) is 0 Å². The van der Waals surface area contributed by atoms with Crippen LogP contribution in [0.5, 0.6) is 0 Å². The van der Waals surface area contributed by atoms with Gasteiger partial charge in [0, 0.05) is 16.5 Å². The number of fused-ring (bicyclic) bond motifs is 1. The molecular formula is C16H12O2S. The fraction of sp³-hybridized carbons (Fsp3) is 0.0625. The summed E-state index contributed by atoms with van der Waals surface area (Å²) in [6.45, 7) is 0. The normalized spacial score (nSPS) is 10.8. The van der Waals surface area contributed by atoms with Crippen LogP contribution in [0.2, 0.25) is 0 Å². The van der Waals surface area contributed by atoms with Gasteiger partial charge < -0.3 is 4.42 Å². The van der Waals surface area contributed by atoms with Crippen LogP contribution in [0.4, 0.5) is 0 Å². The minimum absolute atomic E-state index is 0.665. The van der Waals surface area contributed by atoms with Gasteiger partial charge in [-0.25, -0.2) is 0 Å². The molecule has 0 aliphatic rings. The molecule has 3 rings (SSSR count). The second-order valence-electron chi connectivity index (χ2n) is 4.21. The maximum Gasteiger partial charge on any atom is 0.169 e. The van der Waals surface area contributed by atoms with Gasteiger partial charge in [0.2, 0.25) is 0 Å². The van der Waals surface area contributed by atoms with Gasteiger partial charge in [-0.15, -0.1) is 0 Å². The Kier molecular flexibility index (Phi) is 3.13. The summed E-state index contributed by atoms with van der Waals surface area (Å²) in [4.78, 5) is 10.9. The first kappa shape index (κ1) is 12.1. The summed E-state index contributed by atoms with van der Waals surface area (Å²) < 4.78 is 5.85. The molecule has 0 amide bonds. The molecule has 0 saturated carbocycles. The van der Waals surface area contributed by atoms with Gasteiger partial charge in [-0.1, -0.05) is 42.1 Å². The highest BCUT2D eigenvalue weighted by Gasteiger charge is 2.15. The van der Waals surface area contributed by atoms with Crippen molar-refractivity contribution in [2.45, 2.75) is 5.09 Å². The Morgan fingerprint density at radius 1 is 1.11 bits per heavy atom. The molecule has 0 atom stereocenters. The van der Waals surface area contributed by atoms with Gasteiger partial charge in [0.1, 0.15) is 11.9 Å². The highest BCUT2D eigenvalue weighted by atomic mass is 32.2. The molecule has 2 aromatic carbocycles. The number of aldehydes is 1. The number of furan rings is 1. The predicted molar refractivity (Wildman–Crippen MR) is 78.8 cm³/mol. The van der Waals surface area contributed by atoms with Crippen molar-refractivity contribution in [1.29, 1.82) is 0 Å². The van der Waals surface area contributed by atoms with Gasteiger partial charge >= 0.3 is 0 Å². The molecule has 0 spiro atoms. The predicted octanol–water partition coefficient (Wildman–Crippen LogP) is 4.63. The molecule has 0 radical (unpaired) electrons. The Morgan fingerprint density at radius 3 is 2.58 bits per heavy atom. The number of hydrogen-bond donors (Lipinski definition) is 0. The van der Waals surface area contributed by atoms with Gasteiger partial charge in [0.25, 0.3) is 0 Å². The largest absolute Gasteiger partial charge is 0.449 e. The highest BCUT2D eigenvalue weighted by Crippen LogP contribution is 2.39. The molecule has 94 valence electrons. The van der Waals surface area contributed by atoms with E-state index in [9.17, 15) is 4.79 Å². The van der Waals surface area contributed by atoms with Crippen LogP contribution in [0.1, 0.15) is 10.4 Å². The highest BCUT2D eigenvalue weighted by molar-refractivity contribution is 7.98. The molecule has 2 nitrogen and oxygen atoms in total. The number of thioether (sulfide) groups is 1. The van der Waals surface area contributed by atoms with Crippen molar-refractivity contribution in [2.24, 2.45) is 0 Å². The number of benzene rings is 2. The smallest absolute Gasteiger partial charge is 0.169 e. The number of hydrogen-bond acceptors (Lipinski definition) is 3. The van der Waals surface area contributed by atoms with E-state index < -0.39 is 0 Å². The van der Waals surface area contributed by atoms with Crippen molar-refractivity contribution >= 4 is 29.0 Å². The summed E-state index contributed by atoms with van der Waals surface area (Å²) in [6, 6.07) is 15.6. The standard InChI is InChI=1S/C16H12O2S/c1-19-16-15(12-5-3-2-4-6-12)13-9-11(10-17)7-8-14(13)18-16/h2-10H,1H3. The summed E-state index contributed by atoms with van der Waals surface area (Å²) in [6.07, 6.45) is 2.85. The first-order chi connectivity index (χ1) is 9.33. The maximum atomic E-state index is 10.9. The van der Waals surface area contributed by atoms with Crippen LogP contribution in [0, 0.1) is 0 Å². The minimum atomic E-state index is 0.665. The Morgan fingerprint density at radius 2 is 1.89 bits per heavy atom. The second kappa shape index (κ2) is 4.94. The molecule has 19 heavy (non-hydrogen) atoms. The van der Waals surface area contributed by atoms with E-state index in [1.807, 2.05) is 36.6 Å². The third kappa shape index (κ3) is 2.06. The Balaban J connectivity index is 2.34. The maximum absolute atomic E-state index is 10.9. The Labute approximate surface area is 115 Å². The molecule has 1 aromatic heterocycles. The van der Waals surface area contributed by atoms with E-state index in [1.54, 1.807) is 17.8 Å². The van der Waals surface area contributed by atoms with Crippen molar-refractivity contribution in [3.8, 4) is 11.1 Å². The molecule has 1 heterocycles. The van der Waals surface area contributed by atoms with Gasteiger partial charge in [0.15, 0.2) is 5.09 Å². The van der Waals surface area contributed by atoms with Crippen LogP contribution in [0.3, 0.4) is 0 Å².